The highest BCUT2D eigenvalue weighted by atomic mass is 35.5. The van der Waals surface area contributed by atoms with Crippen LogP contribution >= 0.6 is 23.4 Å². The molecule has 1 aromatic rings. The molecule has 5 heteroatoms. The van der Waals surface area contributed by atoms with Crippen LogP contribution in [0.15, 0.2) is 0 Å². The lowest BCUT2D eigenvalue weighted by molar-refractivity contribution is 0.717. The van der Waals surface area contributed by atoms with E-state index in [-0.39, 0.29) is 6.04 Å². The maximum atomic E-state index is 6.13. The first-order valence-corrected chi connectivity index (χ1v) is 6.57. The molecule has 2 N–H and O–H groups in total. The molecule has 0 spiro atoms. The molecule has 0 aliphatic rings. The quantitative estimate of drug-likeness (QED) is 0.813. The number of aryl methyl sites for hydroxylation is 2. The Morgan fingerprint density at radius 2 is 2.27 bits per heavy atom. The van der Waals surface area contributed by atoms with E-state index in [1.807, 2.05) is 37.3 Å². The number of halogens is 1. The van der Waals surface area contributed by atoms with Crippen molar-refractivity contribution in [2.45, 2.75) is 32.1 Å². The van der Waals surface area contributed by atoms with Crippen molar-refractivity contribution < 1.29 is 0 Å². The number of thioether (sulfide) groups is 1. The van der Waals surface area contributed by atoms with Gasteiger partial charge in [-0.3, -0.25) is 4.68 Å². The fraction of sp³-hybridized carbons (Fsp3) is 0.700. The van der Waals surface area contributed by atoms with Gasteiger partial charge in [0.15, 0.2) is 0 Å². The Bertz CT molecular complexity index is 323. The summed E-state index contributed by atoms with van der Waals surface area (Å²) < 4.78 is 1.86. The van der Waals surface area contributed by atoms with Gasteiger partial charge in [-0.15, -0.1) is 0 Å². The van der Waals surface area contributed by atoms with Crippen molar-refractivity contribution in [1.29, 1.82) is 0 Å². The second-order valence-corrected chi connectivity index (χ2v) is 5.27. The summed E-state index contributed by atoms with van der Waals surface area (Å²) >= 11 is 7.99. The van der Waals surface area contributed by atoms with E-state index in [1.54, 1.807) is 0 Å². The molecule has 1 atom stereocenters. The van der Waals surface area contributed by atoms with Crippen molar-refractivity contribution in [1.82, 2.24) is 9.78 Å². The Balaban J connectivity index is 2.44. The largest absolute Gasteiger partial charge is 0.328 e. The minimum atomic E-state index is 0.279. The van der Waals surface area contributed by atoms with Crippen molar-refractivity contribution in [2.24, 2.45) is 12.8 Å². The first-order valence-electron chi connectivity index (χ1n) is 5.03. The predicted molar refractivity (Wildman–Crippen MR) is 67.4 cm³/mol. The molecule has 0 aromatic carbocycles. The molecule has 0 aliphatic carbocycles. The van der Waals surface area contributed by atoms with Gasteiger partial charge in [-0.05, 0) is 26.0 Å². The molecule has 0 radical (unpaired) electrons. The smallest absolute Gasteiger partial charge is 0.0855 e. The van der Waals surface area contributed by atoms with Crippen LogP contribution in [0.1, 0.15) is 24.7 Å². The molecule has 1 unspecified atom stereocenters. The molecule has 0 amide bonds. The molecular weight excluding hydrogens is 230 g/mol. The molecule has 0 bridgehead atoms. The fourth-order valence-electron chi connectivity index (χ4n) is 1.27. The normalized spacial score (nSPS) is 13.1. The van der Waals surface area contributed by atoms with Gasteiger partial charge in [0.2, 0.25) is 0 Å². The van der Waals surface area contributed by atoms with E-state index in [1.165, 1.54) is 0 Å². The minimum Gasteiger partial charge on any atom is -0.328 e. The number of nitrogens with zero attached hydrogens (tertiary/aromatic N) is 2. The zero-order valence-corrected chi connectivity index (χ0v) is 11.0. The number of aromatic nitrogens is 2. The fourth-order valence-corrected chi connectivity index (χ4v) is 2.79. The molecule has 15 heavy (non-hydrogen) atoms. The molecule has 0 fully saturated rings. The van der Waals surface area contributed by atoms with Crippen LogP contribution in [-0.2, 0) is 12.8 Å². The van der Waals surface area contributed by atoms with Crippen molar-refractivity contribution in [2.75, 3.05) is 5.75 Å². The van der Waals surface area contributed by atoms with Gasteiger partial charge >= 0.3 is 0 Å². The summed E-state index contributed by atoms with van der Waals surface area (Å²) in [6.45, 7) is 3.96. The van der Waals surface area contributed by atoms with Crippen molar-refractivity contribution in [3.63, 3.8) is 0 Å². The van der Waals surface area contributed by atoms with Crippen molar-refractivity contribution in [3.8, 4) is 0 Å². The van der Waals surface area contributed by atoms with Crippen molar-refractivity contribution in [3.05, 3.63) is 16.4 Å². The summed E-state index contributed by atoms with van der Waals surface area (Å²) in [7, 11) is 1.93. The molecule has 1 rings (SSSR count). The second kappa shape index (κ2) is 5.77. The minimum absolute atomic E-state index is 0.279. The maximum Gasteiger partial charge on any atom is 0.0855 e. The predicted octanol–water partition coefficient (Wildman–Crippen LogP) is 2.35. The first-order chi connectivity index (χ1) is 7.02. The first kappa shape index (κ1) is 12.9. The van der Waals surface area contributed by atoms with Gasteiger partial charge in [-0.1, -0.05) is 11.6 Å². The average molecular weight is 248 g/mol. The van der Waals surface area contributed by atoms with Crippen molar-refractivity contribution >= 4 is 23.4 Å². The van der Waals surface area contributed by atoms with E-state index >= 15 is 0 Å². The molecule has 1 aromatic heterocycles. The summed E-state index contributed by atoms with van der Waals surface area (Å²) in [5.74, 6) is 1.97. The van der Waals surface area contributed by atoms with E-state index in [2.05, 4.69) is 5.10 Å². The van der Waals surface area contributed by atoms with Crippen LogP contribution < -0.4 is 5.73 Å². The van der Waals surface area contributed by atoms with Gasteiger partial charge in [-0.2, -0.15) is 16.9 Å². The Kier molecular flexibility index (Phi) is 4.96. The average Bonchev–Trinajstić information content (AvgIpc) is 2.37. The summed E-state index contributed by atoms with van der Waals surface area (Å²) in [5, 5.41) is 5.07. The zero-order chi connectivity index (χ0) is 11.4. The molecule has 0 aliphatic heterocycles. The molecular formula is C10H18ClN3S. The molecule has 86 valence electrons. The molecule has 0 saturated heterocycles. The van der Waals surface area contributed by atoms with E-state index in [0.29, 0.717) is 0 Å². The number of hydrogen-bond acceptors (Lipinski definition) is 3. The van der Waals surface area contributed by atoms with Crippen LogP contribution in [0.25, 0.3) is 0 Å². The SMILES string of the molecule is Cc1nn(C)c(CSCCC(C)N)c1Cl. The van der Waals surface area contributed by atoms with Gasteiger partial charge < -0.3 is 5.73 Å². The van der Waals surface area contributed by atoms with Crippen LogP contribution in [-0.4, -0.2) is 21.6 Å². The third-order valence-electron chi connectivity index (χ3n) is 2.22. The number of hydrogen-bond donors (Lipinski definition) is 1. The molecule has 3 nitrogen and oxygen atoms in total. The van der Waals surface area contributed by atoms with Gasteiger partial charge in [0, 0.05) is 18.8 Å². The Morgan fingerprint density at radius 1 is 1.60 bits per heavy atom. The molecule has 0 saturated carbocycles. The van der Waals surface area contributed by atoms with Crippen LogP contribution in [0, 0.1) is 6.92 Å². The second-order valence-electron chi connectivity index (χ2n) is 3.79. The topological polar surface area (TPSA) is 43.8 Å². The highest BCUT2D eigenvalue weighted by molar-refractivity contribution is 7.98. The Labute approximate surface area is 100 Å². The summed E-state index contributed by atoms with van der Waals surface area (Å²) in [6, 6.07) is 0.279. The van der Waals surface area contributed by atoms with E-state index in [4.69, 9.17) is 17.3 Å². The lowest BCUT2D eigenvalue weighted by atomic mass is 10.3. The number of rotatable bonds is 5. The zero-order valence-electron chi connectivity index (χ0n) is 9.46. The van der Waals surface area contributed by atoms with E-state index in [0.717, 1.165) is 34.3 Å². The van der Waals surface area contributed by atoms with Crippen LogP contribution in [0.4, 0.5) is 0 Å². The summed E-state index contributed by atoms with van der Waals surface area (Å²) in [5.41, 5.74) is 7.68. The number of nitrogens with two attached hydrogens (primary N) is 1. The standard InChI is InChI=1S/C10H18ClN3S/c1-7(12)4-5-15-6-9-10(11)8(2)13-14(9)3/h7H,4-6,12H2,1-3H3. The van der Waals surface area contributed by atoms with E-state index < -0.39 is 0 Å². The van der Waals surface area contributed by atoms with Gasteiger partial charge in [-0.25, -0.2) is 0 Å². The van der Waals surface area contributed by atoms with Crippen LogP contribution in [0.5, 0.6) is 0 Å². The van der Waals surface area contributed by atoms with E-state index in [9.17, 15) is 0 Å². The summed E-state index contributed by atoms with van der Waals surface area (Å²) in [6.07, 6.45) is 1.04. The van der Waals surface area contributed by atoms with Gasteiger partial charge in [0.05, 0.1) is 16.4 Å². The van der Waals surface area contributed by atoms with Gasteiger partial charge in [0.25, 0.3) is 0 Å². The lowest BCUT2D eigenvalue weighted by Gasteiger charge is -2.05. The lowest BCUT2D eigenvalue weighted by Crippen LogP contribution is -2.15. The highest BCUT2D eigenvalue weighted by Gasteiger charge is 2.10. The van der Waals surface area contributed by atoms with Crippen LogP contribution in [0.3, 0.4) is 0 Å². The Morgan fingerprint density at radius 3 is 2.73 bits per heavy atom. The third-order valence-corrected chi connectivity index (χ3v) is 3.71. The highest BCUT2D eigenvalue weighted by Crippen LogP contribution is 2.24. The van der Waals surface area contributed by atoms with Gasteiger partial charge in [0.1, 0.15) is 0 Å². The molecule has 1 heterocycles. The third kappa shape index (κ3) is 3.70. The van der Waals surface area contributed by atoms with Crippen LogP contribution in [0.2, 0.25) is 5.02 Å². The Hall–Kier alpha value is -0.190. The monoisotopic (exact) mass is 247 g/mol. The maximum absolute atomic E-state index is 6.13. The summed E-state index contributed by atoms with van der Waals surface area (Å²) in [4.78, 5) is 0.